The fourth-order valence-corrected chi connectivity index (χ4v) is 2.81. The molecule has 2 aromatic carbocycles. The van der Waals surface area contributed by atoms with Crippen molar-refractivity contribution in [3.05, 3.63) is 66.0 Å². The highest BCUT2D eigenvalue weighted by Gasteiger charge is 2.16. The quantitative estimate of drug-likeness (QED) is 0.804. The van der Waals surface area contributed by atoms with Crippen LogP contribution in [0.3, 0.4) is 0 Å². The van der Waals surface area contributed by atoms with Gasteiger partial charge in [0.2, 0.25) is 5.91 Å². The first-order chi connectivity index (χ1) is 10.6. The smallest absolute Gasteiger partial charge is 0.233 e. The van der Waals surface area contributed by atoms with E-state index in [0.29, 0.717) is 5.56 Å². The maximum Gasteiger partial charge on any atom is 0.233 e. The molecule has 0 bridgehead atoms. The monoisotopic (exact) mass is 319 g/mol. The summed E-state index contributed by atoms with van der Waals surface area (Å²) in [4.78, 5) is 13.1. The zero-order valence-corrected chi connectivity index (χ0v) is 13.0. The number of carbonyl (C=O) groups is 1. The zero-order valence-electron chi connectivity index (χ0n) is 12.2. The van der Waals surface area contributed by atoms with Crippen molar-refractivity contribution in [1.82, 2.24) is 5.32 Å². The predicted molar refractivity (Wildman–Crippen MR) is 86.1 cm³/mol. The number of aliphatic hydroxyl groups excluding tert-OH is 1. The van der Waals surface area contributed by atoms with E-state index >= 15 is 0 Å². The van der Waals surface area contributed by atoms with Crippen LogP contribution in [-0.2, 0) is 4.79 Å². The van der Waals surface area contributed by atoms with Crippen molar-refractivity contribution >= 4 is 17.7 Å². The first-order valence-corrected chi connectivity index (χ1v) is 7.87. The van der Waals surface area contributed by atoms with E-state index in [4.69, 9.17) is 0 Å². The van der Waals surface area contributed by atoms with Crippen LogP contribution in [0.25, 0.3) is 0 Å². The largest absolute Gasteiger partial charge is 0.387 e. The Morgan fingerprint density at radius 1 is 1.18 bits per heavy atom. The second kappa shape index (κ2) is 7.96. The van der Waals surface area contributed by atoms with Crippen LogP contribution in [0.2, 0.25) is 0 Å². The molecule has 2 rings (SSSR count). The first-order valence-electron chi connectivity index (χ1n) is 6.99. The standard InChI is InChI=1S/C17H18FNO2S/c1-12(22-15-5-3-2-4-6-15)17(21)19-11-16(20)13-7-9-14(18)10-8-13/h2-10,12,16,20H,11H2,1H3,(H,19,21). The van der Waals surface area contributed by atoms with Crippen LogP contribution >= 0.6 is 11.8 Å². The number of benzene rings is 2. The Balaban J connectivity index is 1.82. The van der Waals surface area contributed by atoms with E-state index in [-0.39, 0.29) is 23.5 Å². The summed E-state index contributed by atoms with van der Waals surface area (Å²) < 4.78 is 12.8. The molecule has 2 aromatic rings. The van der Waals surface area contributed by atoms with Crippen molar-refractivity contribution in [2.75, 3.05) is 6.54 Å². The molecule has 0 heterocycles. The molecule has 0 radical (unpaired) electrons. The Hall–Kier alpha value is -1.85. The molecule has 1 amide bonds. The van der Waals surface area contributed by atoms with E-state index in [0.717, 1.165) is 4.90 Å². The maximum absolute atomic E-state index is 12.8. The molecular weight excluding hydrogens is 301 g/mol. The number of thioether (sulfide) groups is 1. The van der Waals surface area contributed by atoms with Gasteiger partial charge in [-0.1, -0.05) is 30.3 Å². The Labute approximate surface area is 133 Å². The molecule has 0 aliphatic carbocycles. The van der Waals surface area contributed by atoms with Crippen LogP contribution in [0.1, 0.15) is 18.6 Å². The number of hydrogen-bond acceptors (Lipinski definition) is 3. The van der Waals surface area contributed by atoms with Crippen molar-refractivity contribution in [2.24, 2.45) is 0 Å². The minimum absolute atomic E-state index is 0.101. The zero-order chi connectivity index (χ0) is 15.9. The summed E-state index contributed by atoms with van der Waals surface area (Å²) in [5.41, 5.74) is 0.574. The lowest BCUT2D eigenvalue weighted by molar-refractivity contribution is -0.120. The van der Waals surface area contributed by atoms with Crippen LogP contribution in [0.4, 0.5) is 4.39 Å². The van der Waals surface area contributed by atoms with Gasteiger partial charge in [-0.3, -0.25) is 4.79 Å². The molecule has 2 atom stereocenters. The molecule has 0 saturated carbocycles. The molecule has 116 valence electrons. The molecule has 3 nitrogen and oxygen atoms in total. The van der Waals surface area contributed by atoms with Gasteiger partial charge in [0.1, 0.15) is 5.82 Å². The van der Waals surface area contributed by atoms with Crippen LogP contribution in [0.15, 0.2) is 59.5 Å². The van der Waals surface area contributed by atoms with Gasteiger partial charge in [-0.25, -0.2) is 4.39 Å². The topological polar surface area (TPSA) is 49.3 Å². The lowest BCUT2D eigenvalue weighted by Gasteiger charge is -2.15. The number of carbonyl (C=O) groups excluding carboxylic acids is 1. The first kappa shape index (κ1) is 16.5. The van der Waals surface area contributed by atoms with E-state index in [1.807, 2.05) is 37.3 Å². The van der Waals surface area contributed by atoms with Gasteiger partial charge < -0.3 is 10.4 Å². The third-order valence-electron chi connectivity index (χ3n) is 3.15. The summed E-state index contributed by atoms with van der Waals surface area (Å²) in [6, 6.07) is 15.2. The molecule has 0 spiro atoms. The van der Waals surface area contributed by atoms with Gasteiger partial charge in [0.05, 0.1) is 11.4 Å². The lowest BCUT2D eigenvalue weighted by atomic mass is 10.1. The number of nitrogens with one attached hydrogen (secondary N) is 1. The van der Waals surface area contributed by atoms with Crippen LogP contribution < -0.4 is 5.32 Å². The molecule has 0 aliphatic rings. The SMILES string of the molecule is CC(Sc1ccccc1)C(=O)NCC(O)c1ccc(F)cc1. The molecule has 5 heteroatoms. The molecule has 0 aliphatic heterocycles. The molecular formula is C17H18FNO2S. The minimum atomic E-state index is -0.849. The predicted octanol–water partition coefficient (Wildman–Crippen LogP) is 3.16. The minimum Gasteiger partial charge on any atom is -0.387 e. The number of amides is 1. The van der Waals surface area contributed by atoms with Crippen LogP contribution in [0, 0.1) is 5.82 Å². The number of aliphatic hydroxyl groups is 1. The third kappa shape index (κ3) is 4.86. The van der Waals surface area contributed by atoms with Crippen molar-refractivity contribution in [1.29, 1.82) is 0 Å². The van der Waals surface area contributed by atoms with Gasteiger partial charge >= 0.3 is 0 Å². The van der Waals surface area contributed by atoms with Crippen molar-refractivity contribution in [3.8, 4) is 0 Å². The Kier molecular flexibility index (Phi) is 5.98. The summed E-state index contributed by atoms with van der Waals surface area (Å²) in [5.74, 6) is -0.497. The summed E-state index contributed by atoms with van der Waals surface area (Å²) in [5, 5.41) is 12.4. The molecule has 0 saturated heterocycles. The van der Waals surface area contributed by atoms with Gasteiger partial charge in [0.25, 0.3) is 0 Å². The van der Waals surface area contributed by atoms with Crippen LogP contribution in [0.5, 0.6) is 0 Å². The van der Waals surface area contributed by atoms with E-state index in [9.17, 15) is 14.3 Å². The second-order valence-corrected chi connectivity index (χ2v) is 6.30. The van der Waals surface area contributed by atoms with Gasteiger partial charge in [-0.05, 0) is 36.8 Å². The highest BCUT2D eigenvalue weighted by molar-refractivity contribution is 8.00. The Morgan fingerprint density at radius 2 is 1.82 bits per heavy atom. The maximum atomic E-state index is 12.8. The lowest BCUT2D eigenvalue weighted by Crippen LogP contribution is -2.34. The van der Waals surface area contributed by atoms with Gasteiger partial charge in [0, 0.05) is 11.4 Å². The molecule has 2 N–H and O–H groups in total. The number of hydrogen-bond donors (Lipinski definition) is 2. The average molecular weight is 319 g/mol. The summed E-state index contributed by atoms with van der Waals surface area (Å²) >= 11 is 1.46. The van der Waals surface area contributed by atoms with Gasteiger partial charge in [-0.2, -0.15) is 0 Å². The van der Waals surface area contributed by atoms with E-state index in [1.54, 1.807) is 0 Å². The van der Waals surface area contributed by atoms with Crippen molar-refractivity contribution in [2.45, 2.75) is 23.2 Å². The Morgan fingerprint density at radius 3 is 2.45 bits per heavy atom. The van der Waals surface area contributed by atoms with Crippen LogP contribution in [-0.4, -0.2) is 22.8 Å². The van der Waals surface area contributed by atoms with E-state index in [2.05, 4.69) is 5.32 Å². The molecule has 2 unspecified atom stereocenters. The summed E-state index contributed by atoms with van der Waals surface area (Å²) in [7, 11) is 0. The summed E-state index contributed by atoms with van der Waals surface area (Å²) in [6.45, 7) is 1.92. The fraction of sp³-hybridized carbons (Fsp3) is 0.235. The molecule has 0 aromatic heterocycles. The highest BCUT2D eigenvalue weighted by atomic mass is 32.2. The normalized spacial score (nSPS) is 13.4. The number of halogens is 1. The average Bonchev–Trinajstić information content (AvgIpc) is 2.53. The van der Waals surface area contributed by atoms with Gasteiger partial charge in [-0.15, -0.1) is 11.8 Å². The van der Waals surface area contributed by atoms with Gasteiger partial charge in [0.15, 0.2) is 0 Å². The highest BCUT2D eigenvalue weighted by Crippen LogP contribution is 2.22. The third-order valence-corrected chi connectivity index (χ3v) is 4.26. The Bertz CT molecular complexity index is 604. The number of rotatable bonds is 6. The molecule has 0 fully saturated rings. The van der Waals surface area contributed by atoms with Crippen molar-refractivity contribution < 1.29 is 14.3 Å². The summed E-state index contributed by atoms with van der Waals surface area (Å²) in [6.07, 6.45) is -0.849. The van der Waals surface area contributed by atoms with E-state index < -0.39 is 6.10 Å². The van der Waals surface area contributed by atoms with E-state index in [1.165, 1.54) is 36.0 Å². The fourth-order valence-electron chi connectivity index (χ4n) is 1.90. The second-order valence-electron chi connectivity index (χ2n) is 4.89. The van der Waals surface area contributed by atoms with Crippen molar-refractivity contribution in [3.63, 3.8) is 0 Å². The molecule has 22 heavy (non-hydrogen) atoms.